The summed E-state index contributed by atoms with van der Waals surface area (Å²) in [6, 6.07) is 17.1. The van der Waals surface area contributed by atoms with E-state index in [1.807, 2.05) is 24.3 Å². The number of para-hydroxylation sites is 1. The summed E-state index contributed by atoms with van der Waals surface area (Å²) in [5.41, 5.74) is 1.13. The quantitative estimate of drug-likeness (QED) is 0.273. The van der Waals surface area contributed by atoms with E-state index in [1.165, 1.54) is 59.0 Å². The number of aromatic nitrogens is 1. The number of hydrogen-bond acceptors (Lipinski definition) is 8. The Kier molecular flexibility index (Phi) is 8.49. The molecule has 9 nitrogen and oxygen atoms in total. The molecule has 11 heteroatoms. The van der Waals surface area contributed by atoms with Gasteiger partial charge in [0, 0.05) is 32.9 Å². The van der Waals surface area contributed by atoms with Crippen molar-refractivity contribution in [1.29, 1.82) is 0 Å². The molecule has 0 N–H and O–H groups in total. The smallest absolute Gasteiger partial charge is 0.260 e. The number of fused-ring (bicyclic) bond motifs is 1. The van der Waals surface area contributed by atoms with Gasteiger partial charge in [0.1, 0.15) is 5.76 Å². The molecule has 2 aromatic heterocycles. The van der Waals surface area contributed by atoms with Gasteiger partial charge in [0.15, 0.2) is 5.13 Å². The number of nitrogens with zero attached hydrogens (tertiary/aromatic N) is 3. The number of hydrogen-bond donors (Lipinski definition) is 0. The van der Waals surface area contributed by atoms with E-state index in [0.717, 1.165) is 10.2 Å². The van der Waals surface area contributed by atoms with Crippen molar-refractivity contribution < 1.29 is 27.1 Å². The summed E-state index contributed by atoms with van der Waals surface area (Å²) in [6.07, 6.45) is 1.55. The van der Waals surface area contributed by atoms with Gasteiger partial charge >= 0.3 is 0 Å². The van der Waals surface area contributed by atoms with Gasteiger partial charge in [-0.1, -0.05) is 23.5 Å². The Morgan fingerprint density at radius 3 is 2.28 bits per heavy atom. The Labute approximate surface area is 213 Å². The molecule has 4 aromatic rings. The molecule has 0 fully saturated rings. The topological polar surface area (TPSA) is 102 Å². The van der Waals surface area contributed by atoms with E-state index in [9.17, 15) is 13.2 Å². The SMILES string of the molecule is COCCN(CCOC)S(=O)(=O)c1ccc(C(=O)N(Cc2ccco2)c2nc3ccccc3s2)cc1. The standard InChI is InChI=1S/C25H27N3O6S2/c1-32-16-13-27(14-17-33-2)36(30,31)21-11-9-19(10-12-21)24(29)28(18-20-6-5-15-34-20)25-26-22-7-3-4-8-23(22)35-25/h3-12,15H,13-14,16-18H2,1-2H3. The summed E-state index contributed by atoms with van der Waals surface area (Å²) in [6.45, 7) is 1.08. The zero-order valence-electron chi connectivity index (χ0n) is 20.0. The molecule has 0 unspecified atom stereocenters. The zero-order chi connectivity index (χ0) is 25.5. The average Bonchev–Trinajstić information content (AvgIpc) is 3.56. The molecule has 0 aliphatic heterocycles. The van der Waals surface area contributed by atoms with Crippen molar-refractivity contribution in [3.05, 3.63) is 78.3 Å². The highest BCUT2D eigenvalue weighted by molar-refractivity contribution is 7.89. The lowest BCUT2D eigenvalue weighted by molar-refractivity contribution is 0.0983. The predicted octanol–water partition coefficient (Wildman–Crippen LogP) is 4.02. The van der Waals surface area contributed by atoms with Crippen LogP contribution in [0.3, 0.4) is 0 Å². The third kappa shape index (κ3) is 5.82. The van der Waals surface area contributed by atoms with Crippen molar-refractivity contribution in [2.75, 3.05) is 45.4 Å². The second-order valence-corrected chi connectivity index (χ2v) is 10.8. The molecule has 0 saturated heterocycles. The lowest BCUT2D eigenvalue weighted by Gasteiger charge is -2.22. The number of carbonyl (C=O) groups is 1. The van der Waals surface area contributed by atoms with Crippen molar-refractivity contribution >= 4 is 42.6 Å². The van der Waals surface area contributed by atoms with E-state index in [1.54, 1.807) is 18.4 Å². The van der Waals surface area contributed by atoms with E-state index in [0.29, 0.717) is 16.5 Å². The van der Waals surface area contributed by atoms with E-state index in [4.69, 9.17) is 13.9 Å². The molecule has 36 heavy (non-hydrogen) atoms. The van der Waals surface area contributed by atoms with Crippen LogP contribution in [-0.4, -0.2) is 64.1 Å². The van der Waals surface area contributed by atoms with Crippen molar-refractivity contribution in [1.82, 2.24) is 9.29 Å². The molecule has 0 bridgehead atoms. The molecule has 0 atom stereocenters. The number of ether oxygens (including phenoxy) is 2. The van der Waals surface area contributed by atoms with Crippen LogP contribution < -0.4 is 4.90 Å². The van der Waals surface area contributed by atoms with Crippen molar-refractivity contribution in [3.8, 4) is 0 Å². The van der Waals surface area contributed by atoms with Crippen LogP contribution in [0.2, 0.25) is 0 Å². The summed E-state index contributed by atoms with van der Waals surface area (Å²) in [5.74, 6) is 0.291. The second-order valence-electron chi connectivity index (χ2n) is 7.85. The summed E-state index contributed by atoms with van der Waals surface area (Å²) < 4.78 is 44.2. The van der Waals surface area contributed by atoms with Crippen molar-refractivity contribution in [3.63, 3.8) is 0 Å². The highest BCUT2D eigenvalue weighted by Crippen LogP contribution is 2.31. The second kappa shape index (κ2) is 11.8. The van der Waals surface area contributed by atoms with Gasteiger partial charge in [0.2, 0.25) is 10.0 Å². The highest BCUT2D eigenvalue weighted by Gasteiger charge is 2.26. The minimum absolute atomic E-state index is 0.0869. The Bertz CT molecular complexity index is 1340. The fourth-order valence-electron chi connectivity index (χ4n) is 3.57. The van der Waals surface area contributed by atoms with Crippen LogP contribution in [0.15, 0.2) is 76.2 Å². The number of thiazole rings is 1. The van der Waals surface area contributed by atoms with Gasteiger partial charge in [0.25, 0.3) is 5.91 Å². The van der Waals surface area contributed by atoms with Gasteiger partial charge in [0.05, 0.1) is 41.1 Å². The molecule has 0 saturated carbocycles. The zero-order valence-corrected chi connectivity index (χ0v) is 21.6. The average molecular weight is 530 g/mol. The third-order valence-electron chi connectivity index (χ3n) is 5.48. The summed E-state index contributed by atoms with van der Waals surface area (Å²) in [7, 11) is -0.765. The van der Waals surface area contributed by atoms with Crippen LogP contribution in [0.25, 0.3) is 10.2 Å². The van der Waals surface area contributed by atoms with Crippen LogP contribution in [0.1, 0.15) is 16.1 Å². The third-order valence-corrected chi connectivity index (χ3v) is 8.45. The Morgan fingerprint density at radius 2 is 1.67 bits per heavy atom. The first-order chi connectivity index (χ1) is 17.4. The van der Waals surface area contributed by atoms with E-state index < -0.39 is 10.0 Å². The van der Waals surface area contributed by atoms with Crippen LogP contribution in [0.5, 0.6) is 0 Å². The number of carbonyl (C=O) groups excluding carboxylic acids is 1. The Balaban J connectivity index is 1.62. The maximum atomic E-state index is 13.6. The van der Waals surface area contributed by atoms with Gasteiger partial charge in [-0.2, -0.15) is 4.31 Å². The molecule has 190 valence electrons. The van der Waals surface area contributed by atoms with Crippen molar-refractivity contribution in [2.24, 2.45) is 0 Å². The van der Waals surface area contributed by atoms with E-state index in [-0.39, 0.29) is 43.7 Å². The summed E-state index contributed by atoms with van der Waals surface area (Å²) in [5, 5.41) is 0.527. The maximum absolute atomic E-state index is 13.6. The minimum atomic E-state index is -3.80. The molecule has 2 aromatic carbocycles. The number of benzene rings is 2. The number of anilines is 1. The molecule has 0 aliphatic carbocycles. The molecule has 1 amide bonds. The molecule has 0 radical (unpaired) electrons. The van der Waals surface area contributed by atoms with E-state index in [2.05, 4.69) is 4.98 Å². The molecule has 0 aliphatic rings. The summed E-state index contributed by atoms with van der Waals surface area (Å²) >= 11 is 1.40. The van der Waals surface area contributed by atoms with Crippen molar-refractivity contribution in [2.45, 2.75) is 11.4 Å². The van der Waals surface area contributed by atoms with Gasteiger partial charge in [-0.15, -0.1) is 0 Å². The number of amides is 1. The van der Waals surface area contributed by atoms with Gasteiger partial charge in [-0.3, -0.25) is 9.69 Å². The summed E-state index contributed by atoms with van der Waals surface area (Å²) in [4.78, 5) is 19.8. The number of rotatable bonds is 12. The maximum Gasteiger partial charge on any atom is 0.260 e. The lowest BCUT2D eigenvalue weighted by atomic mass is 10.2. The van der Waals surface area contributed by atoms with E-state index >= 15 is 0 Å². The first-order valence-corrected chi connectivity index (χ1v) is 13.5. The van der Waals surface area contributed by atoms with Crippen LogP contribution in [0, 0.1) is 0 Å². The Hall–Kier alpha value is -3.09. The molecular formula is C25H27N3O6S2. The van der Waals surface area contributed by atoms with Gasteiger partial charge < -0.3 is 13.9 Å². The largest absolute Gasteiger partial charge is 0.467 e. The molecule has 4 rings (SSSR count). The lowest BCUT2D eigenvalue weighted by Crippen LogP contribution is -2.36. The first kappa shape index (κ1) is 26.0. The van der Waals surface area contributed by atoms with Gasteiger partial charge in [-0.05, 0) is 48.5 Å². The first-order valence-electron chi connectivity index (χ1n) is 11.2. The Morgan fingerprint density at radius 1 is 0.972 bits per heavy atom. The fourth-order valence-corrected chi connectivity index (χ4v) is 5.94. The van der Waals surface area contributed by atoms with Gasteiger partial charge in [-0.25, -0.2) is 13.4 Å². The van der Waals surface area contributed by atoms with Crippen LogP contribution >= 0.6 is 11.3 Å². The highest BCUT2D eigenvalue weighted by atomic mass is 32.2. The van der Waals surface area contributed by atoms with Crippen LogP contribution in [0.4, 0.5) is 5.13 Å². The fraction of sp³-hybridized carbons (Fsp3) is 0.280. The monoisotopic (exact) mass is 529 g/mol. The molecule has 0 spiro atoms. The minimum Gasteiger partial charge on any atom is -0.467 e. The predicted molar refractivity (Wildman–Crippen MR) is 138 cm³/mol. The van der Waals surface area contributed by atoms with Crippen LogP contribution in [-0.2, 0) is 26.0 Å². The molecular weight excluding hydrogens is 502 g/mol. The number of methoxy groups -OCH3 is 2. The number of sulfonamides is 1. The number of furan rings is 1. The normalized spacial score (nSPS) is 11.9. The molecule has 2 heterocycles.